The van der Waals surface area contributed by atoms with Crippen molar-refractivity contribution in [2.45, 2.75) is 13.1 Å². The first kappa shape index (κ1) is 13.9. The van der Waals surface area contributed by atoms with Crippen molar-refractivity contribution in [2.24, 2.45) is 0 Å². The van der Waals surface area contributed by atoms with E-state index in [9.17, 15) is 13.2 Å². The summed E-state index contributed by atoms with van der Waals surface area (Å²) in [6.07, 6.45) is -2.94. The molecule has 0 bridgehead atoms. The lowest BCUT2D eigenvalue weighted by atomic mass is 10.2. The number of hydrogen-bond acceptors (Lipinski definition) is 2. The molecular formula is C13H9BrF3NO. The van der Waals surface area contributed by atoms with Gasteiger partial charge >= 0.3 is 6.18 Å². The molecule has 6 heteroatoms. The van der Waals surface area contributed by atoms with Gasteiger partial charge in [-0.1, -0.05) is 12.1 Å². The van der Waals surface area contributed by atoms with Gasteiger partial charge in [-0.2, -0.15) is 13.2 Å². The molecule has 0 N–H and O–H groups in total. The van der Waals surface area contributed by atoms with Crippen molar-refractivity contribution >= 4 is 15.9 Å². The van der Waals surface area contributed by atoms with Gasteiger partial charge in [0.2, 0.25) is 5.88 Å². The molecule has 19 heavy (non-hydrogen) atoms. The van der Waals surface area contributed by atoms with Crippen molar-refractivity contribution in [3.63, 3.8) is 0 Å². The first-order valence-electron chi connectivity index (χ1n) is 5.34. The number of aryl methyl sites for hydroxylation is 1. The van der Waals surface area contributed by atoms with Crippen LogP contribution in [0.25, 0.3) is 0 Å². The molecule has 0 atom stereocenters. The maximum absolute atomic E-state index is 12.8. The minimum Gasteiger partial charge on any atom is -0.437 e. The van der Waals surface area contributed by atoms with E-state index in [2.05, 4.69) is 20.9 Å². The number of hydrogen-bond donors (Lipinski definition) is 0. The molecule has 2 aromatic rings. The molecular weight excluding hydrogens is 323 g/mol. The van der Waals surface area contributed by atoms with E-state index in [0.717, 1.165) is 11.6 Å². The van der Waals surface area contributed by atoms with Crippen LogP contribution in [0, 0.1) is 6.92 Å². The molecule has 0 aliphatic rings. The largest absolute Gasteiger partial charge is 0.437 e. The number of alkyl halides is 3. The molecule has 0 unspecified atom stereocenters. The summed E-state index contributed by atoms with van der Waals surface area (Å²) in [4.78, 5) is 3.96. The van der Waals surface area contributed by atoms with Crippen LogP contribution in [0.1, 0.15) is 11.1 Å². The molecule has 0 amide bonds. The molecule has 100 valence electrons. The summed E-state index contributed by atoms with van der Waals surface area (Å²) in [5, 5.41) is 0. The molecule has 1 aromatic carbocycles. The number of rotatable bonds is 2. The van der Waals surface area contributed by atoms with Crippen molar-refractivity contribution in [2.75, 3.05) is 0 Å². The molecule has 0 saturated carbocycles. The summed E-state index contributed by atoms with van der Waals surface area (Å²) in [6.45, 7) is 1.82. The van der Waals surface area contributed by atoms with Gasteiger partial charge in [-0.25, -0.2) is 4.98 Å². The third-order valence-electron chi connectivity index (χ3n) is 2.34. The number of halogens is 4. The fourth-order valence-electron chi connectivity index (χ4n) is 1.49. The third-order valence-corrected chi connectivity index (χ3v) is 2.91. The highest BCUT2D eigenvalue weighted by atomic mass is 79.9. The van der Waals surface area contributed by atoms with Crippen molar-refractivity contribution in [1.29, 1.82) is 0 Å². The SMILES string of the molecule is Cc1cnc(Oc2ccccc2C(F)(F)F)c(Br)c1. The quantitative estimate of drug-likeness (QED) is 0.775. The van der Waals surface area contributed by atoms with Crippen molar-refractivity contribution in [3.05, 3.63) is 52.1 Å². The van der Waals surface area contributed by atoms with Gasteiger partial charge < -0.3 is 4.74 Å². The lowest BCUT2D eigenvalue weighted by Crippen LogP contribution is -2.07. The van der Waals surface area contributed by atoms with Crippen molar-refractivity contribution < 1.29 is 17.9 Å². The Balaban J connectivity index is 2.39. The van der Waals surface area contributed by atoms with E-state index in [0.29, 0.717) is 4.47 Å². The zero-order valence-electron chi connectivity index (χ0n) is 9.83. The van der Waals surface area contributed by atoms with Gasteiger partial charge in [-0.15, -0.1) is 0 Å². The Morgan fingerprint density at radius 2 is 1.89 bits per heavy atom. The first-order chi connectivity index (χ1) is 8.88. The highest BCUT2D eigenvalue weighted by Crippen LogP contribution is 2.38. The third kappa shape index (κ3) is 3.26. The maximum Gasteiger partial charge on any atom is 0.419 e. The maximum atomic E-state index is 12.8. The van der Waals surface area contributed by atoms with Crippen LogP contribution in [0.4, 0.5) is 13.2 Å². The minimum atomic E-state index is -4.46. The normalized spacial score (nSPS) is 11.4. The predicted molar refractivity (Wildman–Crippen MR) is 68.2 cm³/mol. The van der Waals surface area contributed by atoms with Crippen molar-refractivity contribution in [1.82, 2.24) is 4.98 Å². The lowest BCUT2D eigenvalue weighted by Gasteiger charge is -2.13. The number of aromatic nitrogens is 1. The Bertz CT molecular complexity index is 599. The van der Waals surface area contributed by atoms with Crippen LogP contribution < -0.4 is 4.74 Å². The zero-order chi connectivity index (χ0) is 14.0. The van der Waals surface area contributed by atoms with E-state index in [1.54, 1.807) is 6.07 Å². The Morgan fingerprint density at radius 3 is 2.53 bits per heavy atom. The summed E-state index contributed by atoms with van der Waals surface area (Å²) in [5.74, 6) is -0.172. The molecule has 0 spiro atoms. The van der Waals surface area contributed by atoms with E-state index in [-0.39, 0.29) is 11.6 Å². The zero-order valence-corrected chi connectivity index (χ0v) is 11.4. The summed E-state index contributed by atoms with van der Waals surface area (Å²) >= 11 is 3.21. The fourth-order valence-corrected chi connectivity index (χ4v) is 2.03. The molecule has 2 rings (SSSR count). The minimum absolute atomic E-state index is 0.0994. The van der Waals surface area contributed by atoms with Gasteiger partial charge in [0.25, 0.3) is 0 Å². The monoisotopic (exact) mass is 331 g/mol. The fraction of sp³-hybridized carbons (Fsp3) is 0.154. The summed E-state index contributed by atoms with van der Waals surface area (Å²) < 4.78 is 44.2. The summed E-state index contributed by atoms with van der Waals surface area (Å²) in [6, 6.07) is 6.74. The molecule has 0 aliphatic heterocycles. The molecule has 0 saturated heterocycles. The molecule has 0 aliphatic carbocycles. The standard InChI is InChI=1S/C13H9BrF3NO/c1-8-6-10(14)12(18-7-8)19-11-5-3-2-4-9(11)13(15,16)17/h2-7H,1H3. The van der Waals surface area contributed by atoms with E-state index in [1.807, 2.05) is 6.92 Å². The number of benzene rings is 1. The Kier molecular flexibility index (Phi) is 3.80. The number of pyridine rings is 1. The second-order valence-corrected chi connectivity index (χ2v) is 4.75. The molecule has 0 fully saturated rings. The summed E-state index contributed by atoms with van der Waals surface area (Å²) in [5.41, 5.74) is 0.0487. The Hall–Kier alpha value is -1.56. The van der Waals surface area contributed by atoms with E-state index in [1.165, 1.54) is 24.4 Å². The second kappa shape index (κ2) is 5.21. The first-order valence-corrected chi connectivity index (χ1v) is 6.13. The second-order valence-electron chi connectivity index (χ2n) is 3.90. The average Bonchev–Trinajstić information content (AvgIpc) is 2.32. The lowest BCUT2D eigenvalue weighted by molar-refractivity contribution is -0.138. The van der Waals surface area contributed by atoms with Gasteiger partial charge in [-0.05, 0) is 46.6 Å². The topological polar surface area (TPSA) is 22.1 Å². The van der Waals surface area contributed by atoms with E-state index in [4.69, 9.17) is 4.74 Å². The van der Waals surface area contributed by atoms with Gasteiger partial charge in [0.15, 0.2) is 0 Å². The van der Waals surface area contributed by atoms with E-state index < -0.39 is 11.7 Å². The van der Waals surface area contributed by atoms with Crippen LogP contribution in [0.3, 0.4) is 0 Å². The average molecular weight is 332 g/mol. The molecule has 0 radical (unpaired) electrons. The van der Waals surface area contributed by atoms with Crippen molar-refractivity contribution in [3.8, 4) is 11.6 Å². The van der Waals surface area contributed by atoms with Crippen LogP contribution in [0.15, 0.2) is 41.0 Å². The number of para-hydroxylation sites is 1. The van der Waals surface area contributed by atoms with Gasteiger partial charge in [0, 0.05) is 6.20 Å². The molecule has 1 aromatic heterocycles. The van der Waals surface area contributed by atoms with Crippen LogP contribution in [0.5, 0.6) is 11.6 Å². The molecule has 2 nitrogen and oxygen atoms in total. The van der Waals surface area contributed by atoms with Crippen LogP contribution >= 0.6 is 15.9 Å². The van der Waals surface area contributed by atoms with Crippen LogP contribution in [-0.4, -0.2) is 4.98 Å². The number of ether oxygens (including phenoxy) is 1. The Labute approximate surface area is 116 Å². The van der Waals surface area contributed by atoms with Gasteiger partial charge in [0.05, 0.1) is 10.0 Å². The smallest absolute Gasteiger partial charge is 0.419 e. The highest BCUT2D eigenvalue weighted by molar-refractivity contribution is 9.10. The predicted octanol–water partition coefficient (Wildman–Crippen LogP) is 4.96. The van der Waals surface area contributed by atoms with Crippen LogP contribution in [0.2, 0.25) is 0 Å². The van der Waals surface area contributed by atoms with E-state index >= 15 is 0 Å². The number of nitrogens with zero attached hydrogens (tertiary/aromatic N) is 1. The highest BCUT2D eigenvalue weighted by Gasteiger charge is 2.34. The summed E-state index contributed by atoms with van der Waals surface area (Å²) in [7, 11) is 0. The van der Waals surface area contributed by atoms with Crippen LogP contribution in [-0.2, 0) is 6.18 Å². The van der Waals surface area contributed by atoms with Gasteiger partial charge in [0.1, 0.15) is 5.75 Å². The van der Waals surface area contributed by atoms with Gasteiger partial charge in [-0.3, -0.25) is 0 Å². The Morgan fingerprint density at radius 1 is 1.21 bits per heavy atom. The molecule has 1 heterocycles.